The molecule has 0 saturated carbocycles. The maximum absolute atomic E-state index is 12.1. The van der Waals surface area contributed by atoms with Crippen molar-refractivity contribution in [2.75, 3.05) is 13.7 Å². The molecule has 0 aromatic heterocycles. The summed E-state index contributed by atoms with van der Waals surface area (Å²) in [5.41, 5.74) is 2.86. The zero-order chi connectivity index (χ0) is 21.9. The number of nitrogens with one attached hydrogen (secondary N) is 1. The summed E-state index contributed by atoms with van der Waals surface area (Å²) < 4.78 is 25.9. The Morgan fingerprint density at radius 2 is 1.77 bits per heavy atom. The molecule has 0 aliphatic carbocycles. The van der Waals surface area contributed by atoms with Gasteiger partial charge in [-0.15, -0.1) is 0 Å². The van der Waals surface area contributed by atoms with Gasteiger partial charge >= 0.3 is 5.97 Å². The highest BCUT2D eigenvalue weighted by Crippen LogP contribution is 2.32. The Morgan fingerprint density at radius 1 is 1.10 bits per heavy atom. The number of hydrogen-bond donors (Lipinski definition) is 3. The Balaban J connectivity index is 0.000000297. The summed E-state index contributed by atoms with van der Waals surface area (Å²) in [6, 6.07) is 18.7. The maximum atomic E-state index is 12.1. The van der Waals surface area contributed by atoms with Crippen LogP contribution in [0.3, 0.4) is 0 Å². The third-order valence-electron chi connectivity index (χ3n) is 3.85. The predicted molar refractivity (Wildman–Crippen MR) is 118 cm³/mol. The molecule has 0 aliphatic heterocycles. The number of aliphatic carboxylic acids is 1. The molecular weight excluding hydrogens is 429 g/mol. The molecule has 0 radical (unpaired) electrons. The van der Waals surface area contributed by atoms with Crippen molar-refractivity contribution in [2.45, 2.75) is 11.4 Å². The first-order valence-electron chi connectivity index (χ1n) is 8.88. The van der Waals surface area contributed by atoms with Crippen molar-refractivity contribution in [3.05, 3.63) is 83.1 Å². The molecule has 0 aliphatic rings. The molecule has 3 N–H and O–H groups in total. The van der Waals surface area contributed by atoms with E-state index in [1.54, 1.807) is 18.2 Å². The third-order valence-corrected chi connectivity index (χ3v) is 4.59. The first kappa shape index (κ1) is 23.7. The predicted octanol–water partition coefficient (Wildman–Crippen LogP) is 5.58. The second kappa shape index (κ2) is 12.2. The third kappa shape index (κ3) is 7.68. The molecule has 0 heterocycles. The van der Waals surface area contributed by atoms with E-state index in [9.17, 15) is 9.18 Å². The number of hydrogen-bond acceptors (Lipinski definition) is 5. The van der Waals surface area contributed by atoms with Crippen LogP contribution in [0.2, 0.25) is 5.02 Å². The molecule has 0 atom stereocenters. The quantitative estimate of drug-likeness (QED) is 0.408. The van der Waals surface area contributed by atoms with Crippen molar-refractivity contribution in [1.29, 1.82) is 0 Å². The van der Waals surface area contributed by atoms with Gasteiger partial charge in [0.2, 0.25) is 0 Å². The van der Waals surface area contributed by atoms with Crippen molar-refractivity contribution >= 4 is 29.6 Å². The summed E-state index contributed by atoms with van der Waals surface area (Å²) in [5.74, 6) is -0.747. The average Bonchev–Trinajstić information content (AvgIpc) is 2.74. The van der Waals surface area contributed by atoms with Gasteiger partial charge < -0.3 is 19.7 Å². The Labute approximate surface area is 183 Å². The lowest BCUT2D eigenvalue weighted by Gasteiger charge is -2.12. The van der Waals surface area contributed by atoms with Crippen molar-refractivity contribution in [3.8, 4) is 16.9 Å². The van der Waals surface area contributed by atoms with Crippen molar-refractivity contribution in [3.63, 3.8) is 0 Å². The molecule has 0 saturated heterocycles. The van der Waals surface area contributed by atoms with Crippen molar-refractivity contribution < 1.29 is 23.6 Å². The number of benzene rings is 3. The van der Waals surface area contributed by atoms with E-state index in [2.05, 4.69) is 5.32 Å². The van der Waals surface area contributed by atoms with E-state index in [-0.39, 0.29) is 12.4 Å². The largest absolute Gasteiger partial charge is 0.481 e. The molecule has 0 spiro atoms. The van der Waals surface area contributed by atoms with E-state index in [1.807, 2.05) is 31.3 Å². The van der Waals surface area contributed by atoms with Gasteiger partial charge in [-0.05, 0) is 66.7 Å². The molecule has 30 heavy (non-hydrogen) atoms. The normalized spacial score (nSPS) is 10.1. The summed E-state index contributed by atoms with van der Waals surface area (Å²) >= 11 is 6.51. The van der Waals surface area contributed by atoms with Gasteiger partial charge in [0.05, 0.1) is 0 Å². The van der Waals surface area contributed by atoms with E-state index in [1.165, 1.54) is 24.3 Å². The van der Waals surface area contributed by atoms with Gasteiger partial charge in [-0.1, -0.05) is 29.8 Å². The maximum Gasteiger partial charge on any atom is 0.341 e. The summed E-state index contributed by atoms with van der Waals surface area (Å²) in [7, 11) is 1.87. The van der Waals surface area contributed by atoms with Crippen LogP contribution in [0, 0.1) is 5.82 Å². The monoisotopic (exact) mass is 449 g/mol. The molecule has 8 heteroatoms. The van der Waals surface area contributed by atoms with E-state index in [0.29, 0.717) is 27.7 Å². The highest BCUT2D eigenvalue weighted by Gasteiger charge is 2.09. The summed E-state index contributed by atoms with van der Waals surface area (Å²) in [4.78, 5) is 11.3. The SMILES string of the molecule is CNCc1ccc(OCC(=O)O)c(-c2ccc(Cl)cc2)c1.OSc1ccc(F)cc1. The Bertz CT molecular complexity index is 952. The molecule has 0 bridgehead atoms. The lowest BCUT2D eigenvalue weighted by molar-refractivity contribution is -0.139. The molecule has 3 aromatic carbocycles. The van der Waals surface area contributed by atoms with Gasteiger partial charge in [0.15, 0.2) is 6.61 Å². The number of ether oxygens (including phenoxy) is 1. The molecule has 3 aromatic rings. The highest BCUT2D eigenvalue weighted by atomic mass is 35.5. The molecule has 3 rings (SSSR count). The Morgan fingerprint density at radius 3 is 2.33 bits per heavy atom. The molecule has 0 amide bonds. The zero-order valence-electron chi connectivity index (χ0n) is 16.1. The smallest absolute Gasteiger partial charge is 0.341 e. The molecule has 0 fully saturated rings. The fraction of sp³-hybridized carbons (Fsp3) is 0.136. The fourth-order valence-corrected chi connectivity index (χ4v) is 2.89. The summed E-state index contributed by atoms with van der Waals surface area (Å²) in [5, 5.41) is 12.5. The van der Waals surface area contributed by atoms with Crippen LogP contribution >= 0.6 is 23.6 Å². The van der Waals surface area contributed by atoms with E-state index in [0.717, 1.165) is 23.2 Å². The number of carboxylic acid groups (broad SMARTS) is 1. The van der Waals surface area contributed by atoms with Crippen LogP contribution in [-0.4, -0.2) is 29.3 Å². The molecular formula is C22H21ClFNO4S. The molecule has 5 nitrogen and oxygen atoms in total. The van der Waals surface area contributed by atoms with Crippen LogP contribution in [0.5, 0.6) is 5.75 Å². The lowest BCUT2D eigenvalue weighted by atomic mass is 10.0. The number of halogens is 2. The average molecular weight is 450 g/mol. The molecule has 0 unspecified atom stereocenters. The van der Waals surface area contributed by atoms with Gasteiger partial charge in [-0.2, -0.15) is 0 Å². The van der Waals surface area contributed by atoms with E-state index in [4.69, 9.17) is 26.0 Å². The van der Waals surface area contributed by atoms with Gasteiger partial charge in [0.25, 0.3) is 0 Å². The van der Waals surface area contributed by atoms with Gasteiger partial charge in [-0.25, -0.2) is 9.18 Å². The van der Waals surface area contributed by atoms with Gasteiger partial charge in [0, 0.05) is 34.1 Å². The van der Waals surface area contributed by atoms with Crippen molar-refractivity contribution in [1.82, 2.24) is 5.32 Å². The number of carboxylic acids is 1. The van der Waals surface area contributed by atoms with E-state index < -0.39 is 5.97 Å². The second-order valence-corrected chi connectivity index (χ2v) is 7.19. The zero-order valence-corrected chi connectivity index (χ0v) is 17.7. The summed E-state index contributed by atoms with van der Waals surface area (Å²) in [6.07, 6.45) is 0. The minimum atomic E-state index is -1.00. The Kier molecular flexibility index (Phi) is 9.63. The summed E-state index contributed by atoms with van der Waals surface area (Å²) in [6.45, 7) is 0.353. The van der Waals surface area contributed by atoms with Crippen LogP contribution in [0.25, 0.3) is 11.1 Å². The van der Waals surface area contributed by atoms with Crippen molar-refractivity contribution in [2.24, 2.45) is 0 Å². The first-order valence-corrected chi connectivity index (χ1v) is 10.0. The molecule has 158 valence electrons. The number of carbonyl (C=O) groups is 1. The topological polar surface area (TPSA) is 78.8 Å². The standard InChI is InChI=1S/C16H16ClNO3.C6H5FOS/c1-18-9-11-2-7-15(21-10-16(19)20)14(8-11)12-3-5-13(17)6-4-12;7-5-1-3-6(9-8)4-2-5/h2-8,18H,9-10H2,1H3,(H,19,20);1-4,8H. The van der Waals surface area contributed by atoms with Crippen LogP contribution in [0.1, 0.15) is 5.56 Å². The number of rotatable bonds is 7. The second-order valence-electron chi connectivity index (χ2n) is 6.10. The van der Waals surface area contributed by atoms with Crippen LogP contribution < -0.4 is 10.1 Å². The minimum Gasteiger partial charge on any atom is -0.481 e. The van der Waals surface area contributed by atoms with E-state index >= 15 is 0 Å². The minimum absolute atomic E-state index is 0.284. The Hall–Kier alpha value is -2.58. The van der Waals surface area contributed by atoms with Crippen LogP contribution in [0.15, 0.2) is 71.6 Å². The highest BCUT2D eigenvalue weighted by molar-refractivity contribution is 7.93. The van der Waals surface area contributed by atoms with Gasteiger partial charge in [-0.3, -0.25) is 0 Å². The lowest BCUT2D eigenvalue weighted by Crippen LogP contribution is -2.10. The fourth-order valence-electron chi connectivity index (χ4n) is 2.51. The first-order chi connectivity index (χ1) is 14.4. The van der Waals surface area contributed by atoms with Gasteiger partial charge in [0.1, 0.15) is 11.6 Å². The van der Waals surface area contributed by atoms with Crippen LogP contribution in [0.4, 0.5) is 4.39 Å². The van der Waals surface area contributed by atoms with Crippen LogP contribution in [-0.2, 0) is 11.3 Å².